The van der Waals surface area contributed by atoms with Crippen molar-refractivity contribution in [1.82, 2.24) is 9.78 Å². The van der Waals surface area contributed by atoms with Gasteiger partial charge in [0.2, 0.25) is 5.91 Å². The van der Waals surface area contributed by atoms with E-state index >= 15 is 0 Å². The number of para-hydroxylation sites is 1. The first-order valence-corrected chi connectivity index (χ1v) is 8.55. The summed E-state index contributed by atoms with van der Waals surface area (Å²) >= 11 is 3.35. The highest BCUT2D eigenvalue weighted by molar-refractivity contribution is 9.10. The van der Waals surface area contributed by atoms with Crippen molar-refractivity contribution in [2.45, 2.75) is 19.4 Å². The number of hydrogen-bond acceptors (Lipinski definition) is 2. The molecule has 122 valence electrons. The maximum atomic E-state index is 12.5. The molecule has 0 aliphatic rings. The standard InChI is InChI=1S/C19H18BrN3O/c1-14(23-13-17(20)12-21-23)19(24)22-18-10-6-5-9-16(18)11-15-7-3-2-4-8-15/h2-10,12-14H,11H2,1H3,(H,22,24). The van der Waals surface area contributed by atoms with Crippen molar-refractivity contribution in [3.63, 3.8) is 0 Å². The third kappa shape index (κ3) is 3.92. The summed E-state index contributed by atoms with van der Waals surface area (Å²) in [6, 6.07) is 17.7. The molecule has 0 spiro atoms. The van der Waals surface area contributed by atoms with E-state index in [1.54, 1.807) is 17.1 Å². The third-order valence-corrected chi connectivity index (χ3v) is 4.27. The van der Waals surface area contributed by atoms with Crippen molar-refractivity contribution < 1.29 is 4.79 Å². The molecule has 0 bridgehead atoms. The van der Waals surface area contributed by atoms with Gasteiger partial charge in [-0.2, -0.15) is 5.10 Å². The second kappa shape index (κ2) is 7.45. The number of anilines is 1. The maximum Gasteiger partial charge on any atom is 0.248 e. The average Bonchev–Trinajstić information content (AvgIpc) is 3.03. The van der Waals surface area contributed by atoms with Crippen LogP contribution in [0.4, 0.5) is 5.69 Å². The maximum absolute atomic E-state index is 12.5. The van der Waals surface area contributed by atoms with Gasteiger partial charge in [0.1, 0.15) is 6.04 Å². The summed E-state index contributed by atoms with van der Waals surface area (Å²) < 4.78 is 2.49. The van der Waals surface area contributed by atoms with Crippen molar-refractivity contribution in [1.29, 1.82) is 0 Å². The zero-order chi connectivity index (χ0) is 16.9. The van der Waals surface area contributed by atoms with E-state index in [1.165, 1.54) is 5.56 Å². The summed E-state index contributed by atoms with van der Waals surface area (Å²) in [4.78, 5) is 12.5. The molecule has 1 aromatic heterocycles. The van der Waals surface area contributed by atoms with Crippen molar-refractivity contribution in [2.75, 3.05) is 5.32 Å². The fraction of sp³-hybridized carbons (Fsp3) is 0.158. The van der Waals surface area contributed by atoms with E-state index in [4.69, 9.17) is 0 Å². The van der Waals surface area contributed by atoms with Gasteiger partial charge in [-0.1, -0.05) is 48.5 Å². The van der Waals surface area contributed by atoms with Crippen LogP contribution >= 0.6 is 15.9 Å². The molecule has 0 aliphatic heterocycles. The van der Waals surface area contributed by atoms with Crippen LogP contribution in [0.15, 0.2) is 71.5 Å². The van der Waals surface area contributed by atoms with E-state index in [9.17, 15) is 4.79 Å². The molecule has 1 atom stereocenters. The summed E-state index contributed by atoms with van der Waals surface area (Å²) in [5.41, 5.74) is 3.14. The Labute approximate surface area is 149 Å². The Morgan fingerprint density at radius 3 is 2.58 bits per heavy atom. The van der Waals surface area contributed by atoms with E-state index in [-0.39, 0.29) is 11.9 Å². The fourth-order valence-corrected chi connectivity index (χ4v) is 2.80. The number of nitrogens with zero attached hydrogens (tertiary/aromatic N) is 2. The molecule has 0 radical (unpaired) electrons. The number of benzene rings is 2. The summed E-state index contributed by atoms with van der Waals surface area (Å²) in [7, 11) is 0. The Kier molecular flexibility index (Phi) is 5.11. The molecule has 0 aliphatic carbocycles. The minimum atomic E-state index is -0.388. The monoisotopic (exact) mass is 383 g/mol. The molecule has 1 heterocycles. The van der Waals surface area contributed by atoms with Gasteiger partial charge in [0, 0.05) is 11.9 Å². The van der Waals surface area contributed by atoms with Gasteiger partial charge in [-0.15, -0.1) is 0 Å². The number of rotatable bonds is 5. The minimum Gasteiger partial charge on any atom is -0.324 e. The van der Waals surface area contributed by atoms with Gasteiger partial charge in [-0.05, 0) is 46.5 Å². The van der Waals surface area contributed by atoms with E-state index in [0.29, 0.717) is 0 Å². The Morgan fingerprint density at radius 2 is 1.88 bits per heavy atom. The second-order valence-electron chi connectivity index (χ2n) is 5.62. The first-order chi connectivity index (χ1) is 11.6. The highest BCUT2D eigenvalue weighted by atomic mass is 79.9. The van der Waals surface area contributed by atoms with E-state index in [0.717, 1.165) is 22.1 Å². The van der Waals surface area contributed by atoms with E-state index in [2.05, 4.69) is 38.5 Å². The number of hydrogen-bond donors (Lipinski definition) is 1. The lowest BCUT2D eigenvalue weighted by Gasteiger charge is -2.15. The summed E-state index contributed by atoms with van der Waals surface area (Å²) in [6.45, 7) is 1.83. The number of carbonyl (C=O) groups is 1. The Hall–Kier alpha value is -2.40. The smallest absolute Gasteiger partial charge is 0.248 e. The van der Waals surface area contributed by atoms with Gasteiger partial charge in [-0.25, -0.2) is 0 Å². The average molecular weight is 384 g/mol. The zero-order valence-corrected chi connectivity index (χ0v) is 14.9. The van der Waals surface area contributed by atoms with Gasteiger partial charge in [0.15, 0.2) is 0 Å². The quantitative estimate of drug-likeness (QED) is 0.707. The normalized spacial score (nSPS) is 11.9. The first-order valence-electron chi connectivity index (χ1n) is 7.76. The van der Waals surface area contributed by atoms with Crippen LogP contribution in [0.3, 0.4) is 0 Å². The molecule has 4 nitrogen and oxygen atoms in total. The van der Waals surface area contributed by atoms with Crippen LogP contribution in [0, 0.1) is 0 Å². The molecule has 5 heteroatoms. The van der Waals surface area contributed by atoms with Crippen molar-refractivity contribution in [3.05, 3.63) is 82.6 Å². The summed E-state index contributed by atoms with van der Waals surface area (Å²) in [5, 5.41) is 7.20. The molecule has 3 rings (SSSR count). The number of aromatic nitrogens is 2. The molecule has 1 N–H and O–H groups in total. The zero-order valence-electron chi connectivity index (χ0n) is 13.3. The fourth-order valence-electron chi connectivity index (χ4n) is 2.50. The Morgan fingerprint density at radius 1 is 1.17 bits per heavy atom. The number of amides is 1. The predicted octanol–water partition coefficient (Wildman–Crippen LogP) is 4.44. The first kappa shape index (κ1) is 16.5. The van der Waals surface area contributed by atoms with E-state index in [1.807, 2.05) is 49.4 Å². The summed E-state index contributed by atoms with van der Waals surface area (Å²) in [5.74, 6) is -0.0916. The second-order valence-corrected chi connectivity index (χ2v) is 6.54. The molecule has 1 unspecified atom stereocenters. The van der Waals surface area contributed by atoms with Crippen LogP contribution in [0.2, 0.25) is 0 Å². The van der Waals surface area contributed by atoms with Crippen LogP contribution in [-0.4, -0.2) is 15.7 Å². The van der Waals surface area contributed by atoms with Crippen LogP contribution in [0.5, 0.6) is 0 Å². The van der Waals surface area contributed by atoms with Crippen molar-refractivity contribution in [3.8, 4) is 0 Å². The molecule has 1 amide bonds. The van der Waals surface area contributed by atoms with Crippen LogP contribution in [-0.2, 0) is 11.2 Å². The molecule has 3 aromatic rings. The molecule has 0 saturated heterocycles. The molecule has 2 aromatic carbocycles. The number of halogens is 1. The topological polar surface area (TPSA) is 46.9 Å². The molecule has 0 saturated carbocycles. The van der Waals surface area contributed by atoms with E-state index < -0.39 is 0 Å². The van der Waals surface area contributed by atoms with Crippen molar-refractivity contribution >= 4 is 27.5 Å². The van der Waals surface area contributed by atoms with Gasteiger partial charge in [-0.3, -0.25) is 9.48 Å². The Balaban J connectivity index is 1.76. The van der Waals surface area contributed by atoms with Crippen LogP contribution in [0.1, 0.15) is 24.1 Å². The number of carbonyl (C=O) groups excluding carboxylic acids is 1. The molecular formula is C19H18BrN3O. The Bertz CT molecular complexity index is 829. The van der Waals surface area contributed by atoms with Gasteiger partial charge in [0.25, 0.3) is 0 Å². The third-order valence-electron chi connectivity index (χ3n) is 3.86. The largest absolute Gasteiger partial charge is 0.324 e. The molecule has 24 heavy (non-hydrogen) atoms. The van der Waals surface area contributed by atoms with Crippen LogP contribution in [0.25, 0.3) is 0 Å². The lowest BCUT2D eigenvalue weighted by molar-refractivity contribution is -0.119. The van der Waals surface area contributed by atoms with Gasteiger partial charge in [0.05, 0.1) is 10.7 Å². The highest BCUT2D eigenvalue weighted by Crippen LogP contribution is 2.21. The lowest BCUT2D eigenvalue weighted by Crippen LogP contribution is -2.24. The highest BCUT2D eigenvalue weighted by Gasteiger charge is 2.17. The summed E-state index contributed by atoms with van der Waals surface area (Å²) in [6.07, 6.45) is 4.24. The lowest BCUT2D eigenvalue weighted by atomic mass is 10.0. The predicted molar refractivity (Wildman–Crippen MR) is 99.0 cm³/mol. The molecular weight excluding hydrogens is 366 g/mol. The van der Waals surface area contributed by atoms with Gasteiger partial charge >= 0.3 is 0 Å². The SMILES string of the molecule is CC(C(=O)Nc1ccccc1Cc1ccccc1)n1cc(Br)cn1. The van der Waals surface area contributed by atoms with Gasteiger partial charge < -0.3 is 5.32 Å². The van der Waals surface area contributed by atoms with Crippen LogP contribution < -0.4 is 5.32 Å². The number of nitrogens with one attached hydrogen (secondary N) is 1. The van der Waals surface area contributed by atoms with Crippen molar-refractivity contribution in [2.24, 2.45) is 0 Å². The molecule has 0 fully saturated rings. The minimum absolute atomic E-state index is 0.0916.